The molecule has 2 aromatic rings. The van der Waals surface area contributed by atoms with Crippen LogP contribution in [0.15, 0.2) is 18.2 Å². The molecule has 112 valence electrons. The van der Waals surface area contributed by atoms with Gasteiger partial charge in [-0.3, -0.25) is 9.48 Å². The number of nitrogens with zero attached hydrogens (tertiary/aromatic N) is 2. The normalized spacial score (nSPS) is 10.9. The Morgan fingerprint density at radius 2 is 2.10 bits per heavy atom. The molecule has 0 aliphatic heterocycles. The number of rotatable bonds is 5. The topological polar surface area (TPSA) is 34.9 Å². The highest BCUT2D eigenvalue weighted by atomic mass is 35.5. The van der Waals surface area contributed by atoms with E-state index in [2.05, 4.69) is 5.10 Å². The van der Waals surface area contributed by atoms with Crippen molar-refractivity contribution in [1.29, 1.82) is 0 Å². The lowest BCUT2D eigenvalue weighted by atomic mass is 10.0. The molecular weight excluding hydrogens is 291 g/mol. The van der Waals surface area contributed by atoms with Crippen molar-refractivity contribution in [2.24, 2.45) is 7.05 Å². The predicted octanol–water partition coefficient (Wildman–Crippen LogP) is 3.57. The second-order valence-electron chi connectivity index (χ2n) is 5.20. The van der Waals surface area contributed by atoms with E-state index in [4.69, 9.17) is 11.6 Å². The zero-order valence-electron chi connectivity index (χ0n) is 12.4. The zero-order valence-corrected chi connectivity index (χ0v) is 13.2. The Labute approximate surface area is 128 Å². The molecule has 0 bridgehead atoms. The standard InChI is InChI=1S/C16H18ClFN2O/c1-10-14(11(2)20(3)19-10)8-7-13(21)9-12-5-4-6-15(17)16(12)18/h4-6H,7-9H2,1-3H3. The van der Waals surface area contributed by atoms with Gasteiger partial charge < -0.3 is 0 Å². The summed E-state index contributed by atoms with van der Waals surface area (Å²) < 4.78 is 15.6. The number of benzene rings is 1. The molecule has 21 heavy (non-hydrogen) atoms. The Bertz CT molecular complexity index is 679. The summed E-state index contributed by atoms with van der Waals surface area (Å²) in [6, 6.07) is 4.73. The van der Waals surface area contributed by atoms with E-state index in [1.807, 2.05) is 25.6 Å². The van der Waals surface area contributed by atoms with Crippen LogP contribution in [0.4, 0.5) is 4.39 Å². The molecule has 0 aliphatic carbocycles. The molecule has 1 aromatic heterocycles. The first kappa shape index (κ1) is 15.7. The second kappa shape index (κ2) is 6.39. The first-order valence-corrected chi connectivity index (χ1v) is 7.21. The fourth-order valence-corrected chi connectivity index (χ4v) is 2.62. The van der Waals surface area contributed by atoms with Crippen LogP contribution < -0.4 is 0 Å². The first-order chi connectivity index (χ1) is 9.90. The molecule has 0 fully saturated rings. The number of aryl methyl sites for hydroxylation is 2. The fraction of sp³-hybridized carbons (Fsp3) is 0.375. The molecule has 0 N–H and O–H groups in total. The molecule has 1 aromatic carbocycles. The maximum Gasteiger partial charge on any atom is 0.145 e. The van der Waals surface area contributed by atoms with Crippen LogP contribution in [0.5, 0.6) is 0 Å². The van der Waals surface area contributed by atoms with Crippen molar-refractivity contribution >= 4 is 17.4 Å². The summed E-state index contributed by atoms with van der Waals surface area (Å²) in [5.41, 5.74) is 3.45. The van der Waals surface area contributed by atoms with Gasteiger partial charge in [-0.2, -0.15) is 5.10 Å². The zero-order chi connectivity index (χ0) is 15.6. The van der Waals surface area contributed by atoms with Gasteiger partial charge in [0.2, 0.25) is 0 Å². The van der Waals surface area contributed by atoms with E-state index in [9.17, 15) is 9.18 Å². The Kier molecular flexibility index (Phi) is 4.78. The van der Waals surface area contributed by atoms with Crippen LogP contribution in [0.1, 0.15) is 28.9 Å². The van der Waals surface area contributed by atoms with Gasteiger partial charge in [0.15, 0.2) is 0 Å². The van der Waals surface area contributed by atoms with Crippen molar-refractivity contribution in [2.75, 3.05) is 0 Å². The van der Waals surface area contributed by atoms with Gasteiger partial charge in [0.05, 0.1) is 10.7 Å². The van der Waals surface area contributed by atoms with Gasteiger partial charge in [0.1, 0.15) is 11.6 Å². The van der Waals surface area contributed by atoms with Crippen molar-refractivity contribution in [2.45, 2.75) is 33.1 Å². The van der Waals surface area contributed by atoms with Crippen LogP contribution in [0, 0.1) is 19.7 Å². The quantitative estimate of drug-likeness (QED) is 0.846. The minimum Gasteiger partial charge on any atom is -0.299 e. The lowest BCUT2D eigenvalue weighted by molar-refractivity contribution is -0.118. The lowest BCUT2D eigenvalue weighted by Gasteiger charge is -2.05. The Balaban J connectivity index is 2.01. The molecule has 0 aliphatic rings. The number of hydrogen-bond acceptors (Lipinski definition) is 2. The second-order valence-corrected chi connectivity index (χ2v) is 5.61. The van der Waals surface area contributed by atoms with Crippen LogP contribution in [0.25, 0.3) is 0 Å². The van der Waals surface area contributed by atoms with E-state index in [0.717, 1.165) is 17.0 Å². The third kappa shape index (κ3) is 3.50. The smallest absolute Gasteiger partial charge is 0.145 e. The van der Waals surface area contributed by atoms with Crippen LogP contribution >= 0.6 is 11.6 Å². The highest BCUT2D eigenvalue weighted by molar-refractivity contribution is 6.30. The summed E-state index contributed by atoms with van der Waals surface area (Å²) in [4.78, 5) is 12.0. The Hall–Kier alpha value is -1.68. The van der Waals surface area contributed by atoms with Gasteiger partial charge in [-0.1, -0.05) is 23.7 Å². The number of carbonyl (C=O) groups excluding carboxylic acids is 1. The van der Waals surface area contributed by atoms with Crippen molar-refractivity contribution in [3.63, 3.8) is 0 Å². The predicted molar refractivity (Wildman–Crippen MR) is 81.1 cm³/mol. The average Bonchev–Trinajstić information content (AvgIpc) is 2.67. The number of hydrogen-bond donors (Lipinski definition) is 0. The van der Waals surface area contributed by atoms with E-state index in [1.54, 1.807) is 12.1 Å². The van der Waals surface area contributed by atoms with Gasteiger partial charge in [0.25, 0.3) is 0 Å². The van der Waals surface area contributed by atoms with Crippen LogP contribution in [-0.2, 0) is 24.7 Å². The molecule has 0 amide bonds. The van der Waals surface area contributed by atoms with Gasteiger partial charge >= 0.3 is 0 Å². The molecule has 3 nitrogen and oxygen atoms in total. The largest absolute Gasteiger partial charge is 0.299 e. The van der Waals surface area contributed by atoms with E-state index in [-0.39, 0.29) is 17.2 Å². The van der Waals surface area contributed by atoms with Gasteiger partial charge in [0, 0.05) is 25.6 Å². The number of carbonyl (C=O) groups is 1. The van der Waals surface area contributed by atoms with E-state index < -0.39 is 5.82 Å². The highest BCUT2D eigenvalue weighted by Gasteiger charge is 2.14. The van der Waals surface area contributed by atoms with Crippen molar-refractivity contribution in [3.8, 4) is 0 Å². The molecular formula is C16H18ClFN2O. The Morgan fingerprint density at radius 3 is 2.71 bits per heavy atom. The highest BCUT2D eigenvalue weighted by Crippen LogP contribution is 2.19. The summed E-state index contributed by atoms with van der Waals surface area (Å²) >= 11 is 5.72. The first-order valence-electron chi connectivity index (χ1n) is 6.83. The average molecular weight is 309 g/mol. The Morgan fingerprint density at radius 1 is 1.38 bits per heavy atom. The molecule has 0 atom stereocenters. The van der Waals surface area contributed by atoms with Crippen molar-refractivity contribution < 1.29 is 9.18 Å². The fourth-order valence-electron chi connectivity index (χ4n) is 2.43. The van der Waals surface area contributed by atoms with E-state index in [1.165, 1.54) is 6.07 Å². The van der Waals surface area contributed by atoms with Crippen LogP contribution in [0.2, 0.25) is 5.02 Å². The molecule has 0 saturated carbocycles. The third-order valence-electron chi connectivity index (χ3n) is 3.73. The van der Waals surface area contributed by atoms with Crippen LogP contribution in [0.3, 0.4) is 0 Å². The van der Waals surface area contributed by atoms with Crippen molar-refractivity contribution in [3.05, 3.63) is 51.6 Å². The number of ketones is 1. The number of halogens is 2. The molecule has 0 unspecified atom stereocenters. The number of Topliss-reactive ketones (excluding diaryl/α,β-unsaturated/α-hetero) is 1. The SMILES string of the molecule is Cc1nn(C)c(C)c1CCC(=O)Cc1cccc(Cl)c1F. The van der Waals surface area contributed by atoms with Gasteiger partial charge in [-0.25, -0.2) is 4.39 Å². The van der Waals surface area contributed by atoms with E-state index in [0.29, 0.717) is 18.4 Å². The summed E-state index contributed by atoms with van der Waals surface area (Å²) in [5, 5.41) is 4.38. The summed E-state index contributed by atoms with van der Waals surface area (Å²) in [6.45, 7) is 3.92. The summed E-state index contributed by atoms with van der Waals surface area (Å²) in [7, 11) is 1.88. The monoisotopic (exact) mass is 308 g/mol. The van der Waals surface area contributed by atoms with Crippen LogP contribution in [-0.4, -0.2) is 15.6 Å². The molecule has 0 spiro atoms. The summed E-state index contributed by atoms with van der Waals surface area (Å²) in [6.07, 6.45) is 1.08. The molecule has 1 heterocycles. The molecule has 5 heteroatoms. The molecule has 2 rings (SSSR count). The third-order valence-corrected chi connectivity index (χ3v) is 4.02. The maximum absolute atomic E-state index is 13.8. The van der Waals surface area contributed by atoms with E-state index >= 15 is 0 Å². The minimum absolute atomic E-state index is 0.00109. The van der Waals surface area contributed by atoms with Gasteiger partial charge in [-0.05, 0) is 37.5 Å². The lowest BCUT2D eigenvalue weighted by Crippen LogP contribution is -2.07. The maximum atomic E-state index is 13.8. The molecule has 0 radical (unpaired) electrons. The van der Waals surface area contributed by atoms with Crippen molar-refractivity contribution in [1.82, 2.24) is 9.78 Å². The molecule has 0 saturated heterocycles. The number of aromatic nitrogens is 2. The minimum atomic E-state index is -0.499. The summed E-state index contributed by atoms with van der Waals surface area (Å²) in [5.74, 6) is -0.500. The van der Waals surface area contributed by atoms with Gasteiger partial charge in [-0.15, -0.1) is 0 Å².